The van der Waals surface area contributed by atoms with Gasteiger partial charge in [-0.25, -0.2) is 4.98 Å². The summed E-state index contributed by atoms with van der Waals surface area (Å²) in [4.78, 5) is 70.8. The monoisotopic (exact) mass is 1040 g/mol. The van der Waals surface area contributed by atoms with Crippen molar-refractivity contribution >= 4 is 63.6 Å². The first-order chi connectivity index (χ1) is 34.3. The lowest BCUT2D eigenvalue weighted by Gasteiger charge is -2.40. The molecule has 0 bridgehead atoms. The Balaban J connectivity index is 0.736. The van der Waals surface area contributed by atoms with Crippen LogP contribution >= 0.6 is 34.3 Å². The third-order valence-electron chi connectivity index (χ3n) is 14.5. The molecule has 2 aromatic carbocycles. The van der Waals surface area contributed by atoms with Crippen molar-refractivity contribution in [1.29, 1.82) is 0 Å². The fraction of sp³-hybridized carbons (Fsp3) is 0.509. The number of amides is 4. The highest BCUT2D eigenvalue weighted by Gasteiger charge is 2.45. The molecule has 19 heteroatoms. The molecule has 16 nitrogen and oxygen atoms in total. The number of fused-ring (bicyclic) bond motifs is 3. The molecule has 1 saturated carbocycles. The molecular weight excluding hydrogens is 972 g/mol. The highest BCUT2D eigenvalue weighted by molar-refractivity contribution is 7.15. The van der Waals surface area contributed by atoms with E-state index in [2.05, 4.69) is 49.9 Å². The maximum Gasteiger partial charge on any atom is 0.246 e. The molecule has 0 spiro atoms. The molecular formula is C53H65ClN10O6S2. The van der Waals surface area contributed by atoms with Gasteiger partial charge in [-0.15, -0.1) is 32.9 Å². The summed E-state index contributed by atoms with van der Waals surface area (Å²) < 4.78 is 8.55. The van der Waals surface area contributed by atoms with Crippen molar-refractivity contribution in [3.05, 3.63) is 104 Å². The summed E-state index contributed by atoms with van der Waals surface area (Å²) in [5.41, 5.74) is 7.96. The highest BCUT2D eigenvalue weighted by atomic mass is 35.5. The minimum atomic E-state index is -0.919. The first-order valence-corrected chi connectivity index (χ1v) is 27.0. The number of ether oxygens (including phenoxy) is 1. The van der Waals surface area contributed by atoms with E-state index in [0.29, 0.717) is 36.8 Å². The van der Waals surface area contributed by atoms with Crippen molar-refractivity contribution in [1.82, 2.24) is 45.5 Å². The smallest absolute Gasteiger partial charge is 0.246 e. The van der Waals surface area contributed by atoms with Gasteiger partial charge in [-0.2, -0.15) is 0 Å². The van der Waals surface area contributed by atoms with Crippen molar-refractivity contribution < 1.29 is 29.0 Å². The zero-order chi connectivity index (χ0) is 51.2. The Morgan fingerprint density at radius 3 is 2.26 bits per heavy atom. The van der Waals surface area contributed by atoms with E-state index < -0.39 is 35.6 Å². The van der Waals surface area contributed by atoms with E-state index in [1.54, 1.807) is 22.7 Å². The number of aliphatic hydroxyl groups excluding tert-OH is 1. The van der Waals surface area contributed by atoms with Crippen molar-refractivity contribution in [2.75, 3.05) is 26.2 Å². The van der Waals surface area contributed by atoms with E-state index in [0.717, 1.165) is 67.8 Å². The molecule has 4 N–H and O–H groups in total. The number of aryl methyl sites for hydroxylation is 3. The van der Waals surface area contributed by atoms with Gasteiger partial charge < -0.3 is 30.7 Å². The second-order valence-corrected chi connectivity index (χ2v) is 23.5. The molecule has 382 valence electrons. The van der Waals surface area contributed by atoms with Crippen LogP contribution in [0.1, 0.15) is 123 Å². The standard InChI is InChI=1S/C53H65ClN10O6S2/c1-28-31(4)72-52-45(28)46(34-13-15-36(54)16-14-34)58-41(49-61-60-32(5)64(49)52)24-43(66)57-37-21-40(22-37)70-39-17-19-62(20-18-39)26-44(67)59-48(53(6,7)8)51(69)63-25-38(65)23-42(63)50(68)56-29(2)33-9-11-35(12-10-33)47-30(3)55-27-71-47/h9-16,27,29,37-42,48,65H,17-26H2,1-8H3,(H,56,68)(H,57,66)(H,59,67)/t29-,37-,38-,40-,41-,42+,48+/m0/s1. The van der Waals surface area contributed by atoms with Crippen LogP contribution in [0, 0.1) is 33.1 Å². The molecule has 5 atom stereocenters. The Bertz CT molecular complexity index is 2840. The summed E-state index contributed by atoms with van der Waals surface area (Å²) in [7, 11) is 0. The van der Waals surface area contributed by atoms with E-state index in [-0.39, 0.29) is 67.9 Å². The minimum Gasteiger partial charge on any atom is -0.391 e. The van der Waals surface area contributed by atoms with Gasteiger partial charge >= 0.3 is 0 Å². The number of thiophene rings is 1. The largest absolute Gasteiger partial charge is 0.391 e. The van der Waals surface area contributed by atoms with E-state index >= 15 is 0 Å². The average molecular weight is 1040 g/mol. The molecule has 0 unspecified atom stereocenters. The molecule has 3 aliphatic heterocycles. The Morgan fingerprint density at radius 2 is 1.60 bits per heavy atom. The van der Waals surface area contributed by atoms with Crippen LogP contribution in [0.2, 0.25) is 5.02 Å². The van der Waals surface area contributed by atoms with Gasteiger partial charge in [0.2, 0.25) is 23.6 Å². The maximum atomic E-state index is 14.3. The Kier molecular flexibility index (Phi) is 15.2. The molecule has 4 aliphatic rings. The van der Waals surface area contributed by atoms with Crippen LogP contribution in [0.25, 0.3) is 15.4 Å². The number of β-amino-alcohol motifs (C(OH)–C–C–N with tert-alkyl or cyclic N) is 1. The molecule has 2 saturated heterocycles. The van der Waals surface area contributed by atoms with Gasteiger partial charge in [0.15, 0.2) is 5.82 Å². The number of thiazole rings is 1. The predicted molar refractivity (Wildman–Crippen MR) is 280 cm³/mol. The minimum absolute atomic E-state index is 0.00137. The Morgan fingerprint density at radius 1 is 0.903 bits per heavy atom. The topological polar surface area (TPSA) is 196 Å². The average Bonchev–Trinajstić information content (AvgIpc) is 4.10. The van der Waals surface area contributed by atoms with E-state index in [4.69, 9.17) is 21.3 Å². The van der Waals surface area contributed by atoms with E-state index in [1.807, 2.05) is 100 Å². The van der Waals surface area contributed by atoms with Crippen LogP contribution < -0.4 is 16.0 Å². The summed E-state index contributed by atoms with van der Waals surface area (Å²) in [6.45, 7) is 17.1. The summed E-state index contributed by atoms with van der Waals surface area (Å²) in [6, 6.07) is 12.9. The lowest BCUT2D eigenvalue weighted by Crippen LogP contribution is -2.59. The summed E-state index contributed by atoms with van der Waals surface area (Å²) >= 11 is 9.53. The number of carbonyl (C=O) groups excluding carboxylic acids is 4. The van der Waals surface area contributed by atoms with Gasteiger partial charge in [0, 0.05) is 53.1 Å². The third-order valence-corrected chi connectivity index (χ3v) is 17.0. The summed E-state index contributed by atoms with van der Waals surface area (Å²) in [5, 5.41) is 30.6. The van der Waals surface area contributed by atoms with Gasteiger partial charge in [-0.3, -0.25) is 33.6 Å². The molecule has 72 heavy (non-hydrogen) atoms. The second-order valence-electron chi connectivity index (χ2n) is 21.0. The number of aliphatic hydroxyl groups is 1. The summed E-state index contributed by atoms with van der Waals surface area (Å²) in [5.74, 6) is 0.248. The van der Waals surface area contributed by atoms with Gasteiger partial charge in [0.05, 0.1) is 59.1 Å². The van der Waals surface area contributed by atoms with Crippen molar-refractivity contribution in [3.63, 3.8) is 0 Å². The molecule has 4 amide bonds. The van der Waals surface area contributed by atoms with Crippen LogP contribution in [-0.4, -0.2) is 127 Å². The number of likely N-dealkylation sites (tertiary alicyclic amines) is 2. The Hall–Kier alpha value is -5.37. The van der Waals surface area contributed by atoms with Crippen LogP contribution in [0.15, 0.2) is 59.0 Å². The lowest BCUT2D eigenvalue weighted by atomic mass is 9.85. The third kappa shape index (κ3) is 11.1. The number of hydrogen-bond donors (Lipinski definition) is 4. The van der Waals surface area contributed by atoms with Gasteiger partial charge in [-0.05, 0) is 94.5 Å². The fourth-order valence-corrected chi connectivity index (χ4v) is 12.4. The quantitative estimate of drug-likeness (QED) is 0.0890. The number of piperidine rings is 1. The number of carbonyl (C=O) groups is 4. The molecule has 1 aliphatic carbocycles. The summed E-state index contributed by atoms with van der Waals surface area (Å²) in [6.07, 6.45) is 2.34. The number of halogens is 1. The van der Waals surface area contributed by atoms with Crippen LogP contribution in [0.3, 0.4) is 0 Å². The van der Waals surface area contributed by atoms with E-state index in [1.165, 1.54) is 9.78 Å². The highest BCUT2D eigenvalue weighted by Crippen LogP contribution is 2.40. The van der Waals surface area contributed by atoms with Crippen molar-refractivity contribution in [3.8, 4) is 15.4 Å². The van der Waals surface area contributed by atoms with Crippen LogP contribution in [0.4, 0.5) is 0 Å². The molecule has 9 rings (SSSR count). The SMILES string of the molecule is Cc1ncsc1-c1ccc([C@H](C)NC(=O)[C@H]2C[C@H](O)CN2C(=O)[C@@H](NC(=O)CN2CCC(O[C@H]3C[C@H](NC(=O)C[C@@H]4N=C(c5ccc(Cl)cc5)c5c(sc(C)c5C)-n5c(C)nnc54)C3)CC2)C(C)(C)C)cc1. The maximum absolute atomic E-state index is 14.3. The van der Waals surface area contributed by atoms with Crippen molar-refractivity contribution in [2.45, 2.75) is 142 Å². The second kappa shape index (κ2) is 21.2. The molecule has 0 radical (unpaired) electrons. The number of aromatic nitrogens is 4. The molecule has 6 heterocycles. The predicted octanol–water partition coefficient (Wildman–Crippen LogP) is 7.12. The zero-order valence-electron chi connectivity index (χ0n) is 42.2. The molecule has 3 aromatic heterocycles. The van der Waals surface area contributed by atoms with E-state index in [9.17, 15) is 24.3 Å². The molecule has 5 aromatic rings. The van der Waals surface area contributed by atoms with Gasteiger partial charge in [0.25, 0.3) is 0 Å². The number of hydrogen-bond acceptors (Lipinski definition) is 13. The number of aliphatic imine (C=N–C) groups is 1. The number of benzene rings is 2. The first kappa shape index (κ1) is 51.5. The fourth-order valence-electron chi connectivity index (χ4n) is 10.3. The number of rotatable bonds is 14. The van der Waals surface area contributed by atoms with Crippen LogP contribution in [0.5, 0.6) is 0 Å². The lowest BCUT2D eigenvalue weighted by molar-refractivity contribution is -0.144. The Labute approximate surface area is 434 Å². The zero-order valence-corrected chi connectivity index (χ0v) is 44.6. The molecule has 3 fully saturated rings. The van der Waals surface area contributed by atoms with Crippen molar-refractivity contribution in [2.24, 2.45) is 10.4 Å². The number of nitrogens with one attached hydrogen (secondary N) is 3. The number of nitrogens with zero attached hydrogens (tertiary/aromatic N) is 7. The first-order valence-electron chi connectivity index (χ1n) is 24.9. The van der Waals surface area contributed by atoms with Crippen LogP contribution in [-0.2, 0) is 23.9 Å². The normalized spacial score (nSPS) is 22.2. The van der Waals surface area contributed by atoms with Gasteiger partial charge in [-0.1, -0.05) is 68.8 Å². The van der Waals surface area contributed by atoms with Gasteiger partial charge in [0.1, 0.15) is 29.0 Å².